The van der Waals surface area contributed by atoms with Crippen molar-refractivity contribution in [2.45, 2.75) is 20.8 Å². The van der Waals surface area contributed by atoms with E-state index in [9.17, 15) is 4.79 Å². The third-order valence-electron chi connectivity index (χ3n) is 2.75. The van der Waals surface area contributed by atoms with Crippen LogP contribution in [0.15, 0.2) is 64.1 Å². The highest BCUT2D eigenvalue weighted by atomic mass is 16.1. The lowest BCUT2D eigenvalue weighted by molar-refractivity contribution is -0.113. The minimum atomic E-state index is 0.0454. The molecule has 3 nitrogen and oxygen atoms in total. The summed E-state index contributed by atoms with van der Waals surface area (Å²) >= 11 is 0. The van der Waals surface area contributed by atoms with Crippen LogP contribution in [0.25, 0.3) is 0 Å². The molecule has 0 heterocycles. The highest BCUT2D eigenvalue weighted by Gasteiger charge is 2.00. The van der Waals surface area contributed by atoms with E-state index in [2.05, 4.69) is 9.98 Å². The van der Waals surface area contributed by atoms with Crippen molar-refractivity contribution in [1.82, 2.24) is 0 Å². The zero-order valence-corrected chi connectivity index (χ0v) is 12.4. The zero-order chi connectivity index (χ0) is 15.0. The van der Waals surface area contributed by atoms with E-state index in [-0.39, 0.29) is 5.78 Å². The Morgan fingerprint density at radius 3 is 2.25 bits per heavy atom. The van der Waals surface area contributed by atoms with Crippen LogP contribution in [0.4, 0.5) is 0 Å². The molecule has 0 saturated heterocycles. The number of aliphatic imine (C=N–C) groups is 2. The molecule has 0 fully saturated rings. The standard InChI is InChI=1S/C17H20N2O/c1-5-15(14(3)20)12-11-13(2)19-17(18-4)16-9-7-6-8-10-16/h5-12H,1-4H3/b12-11-,15-5?,18-17?,19-13?. The second kappa shape index (κ2) is 8.00. The molecular weight excluding hydrogens is 248 g/mol. The topological polar surface area (TPSA) is 41.8 Å². The summed E-state index contributed by atoms with van der Waals surface area (Å²) in [4.78, 5) is 20.0. The molecule has 0 radical (unpaired) electrons. The van der Waals surface area contributed by atoms with Crippen LogP contribution < -0.4 is 0 Å². The van der Waals surface area contributed by atoms with Crippen molar-refractivity contribution in [1.29, 1.82) is 0 Å². The summed E-state index contributed by atoms with van der Waals surface area (Å²) in [5.41, 5.74) is 2.45. The third kappa shape index (κ3) is 4.76. The number of ketones is 1. The van der Waals surface area contributed by atoms with Gasteiger partial charge in [0.05, 0.1) is 0 Å². The fraction of sp³-hybridized carbons (Fsp3) is 0.235. The lowest BCUT2D eigenvalue weighted by atomic mass is 10.1. The maximum atomic E-state index is 11.3. The van der Waals surface area contributed by atoms with E-state index < -0.39 is 0 Å². The predicted molar refractivity (Wildman–Crippen MR) is 85.6 cm³/mol. The summed E-state index contributed by atoms with van der Waals surface area (Å²) in [7, 11) is 1.72. The number of hydrogen-bond donors (Lipinski definition) is 0. The summed E-state index contributed by atoms with van der Waals surface area (Å²) in [5.74, 6) is 0.724. The molecule has 0 aromatic heterocycles. The van der Waals surface area contributed by atoms with Gasteiger partial charge in [0.25, 0.3) is 0 Å². The van der Waals surface area contributed by atoms with Crippen LogP contribution in [-0.2, 0) is 4.79 Å². The van der Waals surface area contributed by atoms with Crippen molar-refractivity contribution in [3.63, 3.8) is 0 Å². The number of rotatable bonds is 4. The lowest BCUT2D eigenvalue weighted by Gasteiger charge is -2.01. The molecule has 0 spiro atoms. The van der Waals surface area contributed by atoms with Gasteiger partial charge in [-0.2, -0.15) is 0 Å². The van der Waals surface area contributed by atoms with Gasteiger partial charge in [-0.25, -0.2) is 4.99 Å². The Kier molecular flexibility index (Phi) is 6.30. The van der Waals surface area contributed by atoms with Gasteiger partial charge >= 0.3 is 0 Å². The molecule has 0 atom stereocenters. The number of amidine groups is 1. The van der Waals surface area contributed by atoms with Crippen LogP contribution in [0, 0.1) is 0 Å². The van der Waals surface area contributed by atoms with Crippen molar-refractivity contribution >= 4 is 17.3 Å². The second-order valence-corrected chi connectivity index (χ2v) is 4.30. The quantitative estimate of drug-likeness (QED) is 0.356. The van der Waals surface area contributed by atoms with Gasteiger partial charge in [-0.05, 0) is 32.9 Å². The Morgan fingerprint density at radius 2 is 1.75 bits per heavy atom. The Morgan fingerprint density at radius 1 is 1.10 bits per heavy atom. The predicted octanol–water partition coefficient (Wildman–Crippen LogP) is 3.62. The molecule has 0 N–H and O–H groups in total. The SMILES string of the molecule is CC=C(/C=C\C(C)=NC(=NC)c1ccccc1)C(C)=O. The summed E-state index contributed by atoms with van der Waals surface area (Å²) < 4.78 is 0. The number of hydrogen-bond acceptors (Lipinski definition) is 2. The highest BCUT2D eigenvalue weighted by molar-refractivity contribution is 6.10. The molecule has 104 valence electrons. The summed E-state index contributed by atoms with van der Waals surface area (Å²) in [6.45, 7) is 5.28. The first kappa shape index (κ1) is 15.8. The third-order valence-corrected chi connectivity index (χ3v) is 2.75. The van der Waals surface area contributed by atoms with E-state index in [0.29, 0.717) is 11.4 Å². The van der Waals surface area contributed by atoms with Crippen molar-refractivity contribution in [3.05, 3.63) is 59.7 Å². The molecule has 20 heavy (non-hydrogen) atoms. The van der Waals surface area contributed by atoms with E-state index in [1.165, 1.54) is 0 Å². The second-order valence-electron chi connectivity index (χ2n) is 4.30. The largest absolute Gasteiger partial charge is 0.295 e. The van der Waals surface area contributed by atoms with Gasteiger partial charge < -0.3 is 0 Å². The number of carbonyl (C=O) groups is 1. The van der Waals surface area contributed by atoms with E-state index in [1.54, 1.807) is 26.1 Å². The maximum absolute atomic E-state index is 11.3. The van der Waals surface area contributed by atoms with Crippen molar-refractivity contribution in [3.8, 4) is 0 Å². The minimum Gasteiger partial charge on any atom is -0.295 e. The fourth-order valence-electron chi connectivity index (χ4n) is 1.66. The van der Waals surface area contributed by atoms with E-state index in [1.807, 2.05) is 50.3 Å². The van der Waals surface area contributed by atoms with E-state index in [4.69, 9.17) is 0 Å². The smallest absolute Gasteiger partial charge is 0.159 e. The van der Waals surface area contributed by atoms with Gasteiger partial charge in [0.15, 0.2) is 11.6 Å². The maximum Gasteiger partial charge on any atom is 0.159 e. The highest BCUT2D eigenvalue weighted by Crippen LogP contribution is 2.04. The van der Waals surface area contributed by atoms with Gasteiger partial charge in [0.2, 0.25) is 0 Å². The van der Waals surface area contributed by atoms with Gasteiger partial charge in [0, 0.05) is 23.9 Å². The molecule has 3 heteroatoms. The normalized spacial score (nSPS) is 13.9. The monoisotopic (exact) mass is 268 g/mol. The van der Waals surface area contributed by atoms with E-state index >= 15 is 0 Å². The molecule has 1 rings (SSSR count). The van der Waals surface area contributed by atoms with Gasteiger partial charge in [-0.1, -0.05) is 36.4 Å². The molecule has 0 aliphatic heterocycles. The van der Waals surface area contributed by atoms with Crippen LogP contribution in [0.3, 0.4) is 0 Å². The lowest BCUT2D eigenvalue weighted by Crippen LogP contribution is -2.01. The Hall–Kier alpha value is -2.29. The van der Waals surface area contributed by atoms with Crippen LogP contribution >= 0.6 is 0 Å². The molecular formula is C17H20N2O. The minimum absolute atomic E-state index is 0.0454. The Labute approximate surface area is 120 Å². The molecule has 1 aromatic carbocycles. The Balaban J connectivity index is 2.93. The molecule has 0 unspecified atom stereocenters. The van der Waals surface area contributed by atoms with Crippen molar-refractivity contribution in [2.24, 2.45) is 9.98 Å². The fourth-order valence-corrected chi connectivity index (χ4v) is 1.66. The molecule has 1 aromatic rings. The van der Waals surface area contributed by atoms with E-state index in [0.717, 1.165) is 11.3 Å². The first-order valence-corrected chi connectivity index (χ1v) is 6.51. The Bertz CT molecular complexity index is 578. The number of benzene rings is 1. The van der Waals surface area contributed by atoms with Crippen LogP contribution in [-0.4, -0.2) is 24.4 Å². The molecule has 0 aliphatic carbocycles. The average molecular weight is 268 g/mol. The van der Waals surface area contributed by atoms with Gasteiger partial charge in [-0.15, -0.1) is 0 Å². The van der Waals surface area contributed by atoms with Crippen LogP contribution in [0.1, 0.15) is 26.3 Å². The first-order valence-electron chi connectivity index (χ1n) is 6.51. The summed E-state index contributed by atoms with van der Waals surface area (Å²) in [6, 6.07) is 9.80. The number of carbonyl (C=O) groups excluding carboxylic acids is 1. The van der Waals surface area contributed by atoms with Crippen LogP contribution in [0.2, 0.25) is 0 Å². The first-order chi connectivity index (χ1) is 9.58. The molecule has 0 amide bonds. The number of allylic oxidation sites excluding steroid dienone is 4. The number of nitrogens with zero attached hydrogens (tertiary/aromatic N) is 2. The molecule has 0 aliphatic rings. The zero-order valence-electron chi connectivity index (χ0n) is 12.4. The van der Waals surface area contributed by atoms with Gasteiger partial charge in [0.1, 0.15) is 0 Å². The summed E-state index contributed by atoms with van der Waals surface area (Å²) in [5, 5.41) is 0. The van der Waals surface area contributed by atoms with Crippen molar-refractivity contribution in [2.75, 3.05) is 7.05 Å². The van der Waals surface area contributed by atoms with Crippen molar-refractivity contribution < 1.29 is 4.79 Å². The number of Topliss-reactive ketones (excluding diaryl/α,β-unsaturated/α-hetero) is 1. The molecule has 0 bridgehead atoms. The summed E-state index contributed by atoms with van der Waals surface area (Å²) in [6.07, 6.45) is 5.39. The van der Waals surface area contributed by atoms with Crippen LogP contribution in [0.5, 0.6) is 0 Å². The molecule has 0 saturated carbocycles. The van der Waals surface area contributed by atoms with Gasteiger partial charge in [-0.3, -0.25) is 9.79 Å². The average Bonchev–Trinajstić information content (AvgIpc) is 2.46.